The van der Waals surface area contributed by atoms with Crippen molar-refractivity contribution in [2.24, 2.45) is 5.73 Å². The van der Waals surface area contributed by atoms with Gasteiger partial charge in [0, 0.05) is 12.6 Å². The summed E-state index contributed by atoms with van der Waals surface area (Å²) in [7, 11) is 0. The number of nitrogens with two attached hydrogens (primary N) is 1. The van der Waals surface area contributed by atoms with Crippen LogP contribution in [0.25, 0.3) is 0 Å². The number of hydrogen-bond acceptors (Lipinski definition) is 4. The fourth-order valence-electron chi connectivity index (χ4n) is 1.70. The molecule has 5 heteroatoms. The maximum Gasteiger partial charge on any atom is 0.148 e. The van der Waals surface area contributed by atoms with Crippen molar-refractivity contribution in [1.29, 1.82) is 0 Å². The maximum atomic E-state index is 6.00. The number of benzene rings is 1. The monoisotopic (exact) mass is 262 g/mol. The van der Waals surface area contributed by atoms with Gasteiger partial charge in [0.2, 0.25) is 0 Å². The number of hydrogen-bond donors (Lipinski definition) is 2. The van der Waals surface area contributed by atoms with E-state index in [-0.39, 0.29) is 6.04 Å². The minimum Gasteiger partial charge on any atom is -0.364 e. The highest BCUT2D eigenvalue weighted by Gasteiger charge is 2.10. The summed E-state index contributed by atoms with van der Waals surface area (Å²) < 4.78 is 0. The van der Waals surface area contributed by atoms with Crippen LogP contribution in [-0.4, -0.2) is 22.6 Å². The van der Waals surface area contributed by atoms with Gasteiger partial charge in [-0.25, -0.2) is 9.97 Å². The van der Waals surface area contributed by atoms with Gasteiger partial charge in [0.1, 0.15) is 17.2 Å². The predicted molar refractivity (Wildman–Crippen MR) is 73.7 cm³/mol. The van der Waals surface area contributed by atoms with Crippen molar-refractivity contribution in [3.8, 4) is 0 Å². The van der Waals surface area contributed by atoms with Gasteiger partial charge in [-0.05, 0) is 12.0 Å². The fourth-order valence-corrected chi connectivity index (χ4v) is 1.86. The number of halogens is 1. The molecule has 0 aliphatic rings. The van der Waals surface area contributed by atoms with E-state index in [9.17, 15) is 0 Å². The lowest BCUT2D eigenvalue weighted by atomic mass is 10.1. The van der Waals surface area contributed by atoms with Gasteiger partial charge in [0.15, 0.2) is 0 Å². The molecule has 0 amide bonds. The lowest BCUT2D eigenvalue weighted by molar-refractivity contribution is 0.719. The van der Waals surface area contributed by atoms with E-state index in [1.165, 1.54) is 11.9 Å². The van der Waals surface area contributed by atoms with Crippen LogP contribution in [0.3, 0.4) is 0 Å². The molecule has 4 nitrogen and oxygen atoms in total. The standard InChI is InChI=1S/C13H15ClN4/c14-12-8-16-9-17-13(12)18-11(7-15)6-10-4-2-1-3-5-10/h1-5,8-9,11H,6-7,15H2,(H,16,17,18). The van der Waals surface area contributed by atoms with Crippen LogP contribution in [0.1, 0.15) is 5.56 Å². The molecular formula is C13H15ClN4. The Morgan fingerprint density at radius 1 is 1.28 bits per heavy atom. The van der Waals surface area contributed by atoms with Crippen molar-refractivity contribution in [3.63, 3.8) is 0 Å². The molecule has 0 aliphatic heterocycles. The van der Waals surface area contributed by atoms with Gasteiger partial charge in [0.25, 0.3) is 0 Å². The third-order valence-electron chi connectivity index (χ3n) is 2.62. The van der Waals surface area contributed by atoms with E-state index in [2.05, 4.69) is 27.4 Å². The second-order valence-corrected chi connectivity index (χ2v) is 4.39. The Balaban J connectivity index is 2.04. The van der Waals surface area contributed by atoms with Crippen LogP contribution in [0, 0.1) is 0 Å². The Kier molecular flexibility index (Phi) is 4.50. The van der Waals surface area contributed by atoms with Gasteiger partial charge in [-0.15, -0.1) is 0 Å². The van der Waals surface area contributed by atoms with E-state index in [0.717, 1.165) is 6.42 Å². The second-order valence-electron chi connectivity index (χ2n) is 3.99. The molecule has 1 aromatic heterocycles. The van der Waals surface area contributed by atoms with Crippen LogP contribution in [0.4, 0.5) is 5.82 Å². The molecule has 2 rings (SSSR count). The number of nitrogens with one attached hydrogen (secondary N) is 1. The zero-order valence-electron chi connectivity index (χ0n) is 9.88. The Bertz CT molecular complexity index is 489. The van der Waals surface area contributed by atoms with E-state index in [4.69, 9.17) is 17.3 Å². The smallest absolute Gasteiger partial charge is 0.148 e. The molecule has 1 aromatic carbocycles. The first-order chi connectivity index (χ1) is 8.79. The van der Waals surface area contributed by atoms with Gasteiger partial charge >= 0.3 is 0 Å². The van der Waals surface area contributed by atoms with E-state index in [1.807, 2.05) is 18.2 Å². The Labute approximate surface area is 111 Å². The topological polar surface area (TPSA) is 63.8 Å². The zero-order valence-corrected chi connectivity index (χ0v) is 10.6. The first-order valence-corrected chi connectivity index (χ1v) is 6.13. The van der Waals surface area contributed by atoms with Crippen LogP contribution in [-0.2, 0) is 6.42 Å². The molecule has 1 heterocycles. The summed E-state index contributed by atoms with van der Waals surface area (Å²) in [6.45, 7) is 0.509. The average Bonchev–Trinajstić information content (AvgIpc) is 2.41. The van der Waals surface area contributed by atoms with Gasteiger partial charge in [-0.2, -0.15) is 0 Å². The molecule has 0 radical (unpaired) electrons. The van der Waals surface area contributed by atoms with Crippen LogP contribution >= 0.6 is 11.6 Å². The van der Waals surface area contributed by atoms with Crippen molar-refractivity contribution in [1.82, 2.24) is 9.97 Å². The molecule has 0 spiro atoms. The normalized spacial score (nSPS) is 12.1. The van der Waals surface area contributed by atoms with E-state index in [0.29, 0.717) is 17.4 Å². The van der Waals surface area contributed by atoms with E-state index < -0.39 is 0 Å². The summed E-state index contributed by atoms with van der Waals surface area (Å²) in [4.78, 5) is 7.95. The predicted octanol–water partition coefficient (Wildman–Crippen LogP) is 2.11. The Hall–Kier alpha value is -1.65. The number of anilines is 1. The van der Waals surface area contributed by atoms with E-state index >= 15 is 0 Å². The summed E-state index contributed by atoms with van der Waals surface area (Å²) in [5.41, 5.74) is 7.00. The van der Waals surface area contributed by atoms with Crippen molar-refractivity contribution in [2.45, 2.75) is 12.5 Å². The average molecular weight is 263 g/mol. The SMILES string of the molecule is NCC(Cc1ccccc1)Nc1ncncc1Cl. The third-order valence-corrected chi connectivity index (χ3v) is 2.89. The molecule has 3 N–H and O–H groups in total. The summed E-state index contributed by atoms with van der Waals surface area (Å²) in [5, 5.41) is 3.74. The van der Waals surface area contributed by atoms with Gasteiger partial charge < -0.3 is 11.1 Å². The van der Waals surface area contributed by atoms with Crippen LogP contribution in [0.2, 0.25) is 5.02 Å². The molecule has 2 aromatic rings. The van der Waals surface area contributed by atoms with Gasteiger partial charge in [-0.3, -0.25) is 0 Å². The second kappa shape index (κ2) is 6.33. The zero-order chi connectivity index (χ0) is 12.8. The molecule has 1 atom stereocenters. The van der Waals surface area contributed by atoms with Crippen LogP contribution < -0.4 is 11.1 Å². The van der Waals surface area contributed by atoms with Crippen molar-refractivity contribution in [3.05, 3.63) is 53.4 Å². The lowest BCUT2D eigenvalue weighted by Gasteiger charge is -2.18. The largest absolute Gasteiger partial charge is 0.364 e. The summed E-state index contributed by atoms with van der Waals surface area (Å²) in [5.74, 6) is 0.623. The minimum absolute atomic E-state index is 0.0970. The quantitative estimate of drug-likeness (QED) is 0.866. The lowest BCUT2D eigenvalue weighted by Crippen LogP contribution is -2.31. The van der Waals surface area contributed by atoms with E-state index in [1.54, 1.807) is 6.20 Å². The molecule has 0 saturated carbocycles. The van der Waals surface area contributed by atoms with Gasteiger partial charge in [0.05, 0.1) is 6.20 Å². The van der Waals surface area contributed by atoms with Crippen molar-refractivity contribution >= 4 is 17.4 Å². The number of nitrogens with zero attached hydrogens (tertiary/aromatic N) is 2. The molecular weight excluding hydrogens is 248 g/mol. The number of rotatable bonds is 5. The fraction of sp³-hybridized carbons (Fsp3) is 0.231. The summed E-state index contributed by atoms with van der Waals surface area (Å²) in [6, 6.07) is 10.3. The third kappa shape index (κ3) is 3.42. The van der Waals surface area contributed by atoms with Crippen molar-refractivity contribution < 1.29 is 0 Å². The minimum atomic E-state index is 0.0970. The molecule has 1 unspecified atom stereocenters. The first-order valence-electron chi connectivity index (χ1n) is 5.75. The van der Waals surface area contributed by atoms with Crippen LogP contribution in [0.5, 0.6) is 0 Å². The van der Waals surface area contributed by atoms with Gasteiger partial charge in [-0.1, -0.05) is 41.9 Å². The highest BCUT2D eigenvalue weighted by Crippen LogP contribution is 2.17. The molecule has 0 bridgehead atoms. The Morgan fingerprint density at radius 2 is 2.06 bits per heavy atom. The number of aromatic nitrogens is 2. The molecule has 94 valence electrons. The summed E-state index contributed by atoms with van der Waals surface area (Å²) >= 11 is 6.00. The molecule has 0 aliphatic carbocycles. The van der Waals surface area contributed by atoms with Crippen molar-refractivity contribution in [2.75, 3.05) is 11.9 Å². The maximum absolute atomic E-state index is 6.00. The highest BCUT2D eigenvalue weighted by atomic mass is 35.5. The Morgan fingerprint density at radius 3 is 2.72 bits per heavy atom. The van der Waals surface area contributed by atoms with Crippen LogP contribution in [0.15, 0.2) is 42.9 Å². The first kappa shape index (κ1) is 12.8. The molecule has 18 heavy (non-hydrogen) atoms. The highest BCUT2D eigenvalue weighted by molar-refractivity contribution is 6.32. The molecule has 0 fully saturated rings. The molecule has 0 saturated heterocycles. The summed E-state index contributed by atoms with van der Waals surface area (Å²) in [6.07, 6.45) is 3.86.